The number of hydrogen-bond donors (Lipinski definition) is 2. The first-order chi connectivity index (χ1) is 9.59. The molecule has 9 heteroatoms. The monoisotopic (exact) mass is 334 g/mol. The molecule has 1 rings (SSSR count). The van der Waals surface area contributed by atoms with Crippen LogP contribution in [0.25, 0.3) is 0 Å². The van der Waals surface area contributed by atoms with E-state index in [1.54, 1.807) is 7.05 Å². The van der Waals surface area contributed by atoms with Crippen molar-refractivity contribution in [3.63, 3.8) is 0 Å². The quantitative estimate of drug-likeness (QED) is 0.765. The molecule has 0 aliphatic heterocycles. The minimum Gasteiger partial charge on any atom is -0.396 e. The zero-order valence-electron chi connectivity index (χ0n) is 12.9. The van der Waals surface area contributed by atoms with Gasteiger partial charge in [0.25, 0.3) is 5.91 Å². The van der Waals surface area contributed by atoms with Crippen LogP contribution in [0.3, 0.4) is 0 Å². The van der Waals surface area contributed by atoms with E-state index in [9.17, 15) is 13.2 Å². The molecule has 0 bridgehead atoms. The molecule has 0 aliphatic rings. The summed E-state index contributed by atoms with van der Waals surface area (Å²) in [6.07, 6.45) is 1.10. The van der Waals surface area contributed by atoms with E-state index in [1.807, 2.05) is 23.9 Å². The van der Waals surface area contributed by atoms with Crippen molar-refractivity contribution < 1.29 is 13.2 Å². The van der Waals surface area contributed by atoms with Crippen LogP contribution in [0.5, 0.6) is 0 Å². The Morgan fingerprint density at radius 2 is 1.86 bits per heavy atom. The van der Waals surface area contributed by atoms with Crippen molar-refractivity contribution in [3.05, 3.63) is 4.88 Å². The number of sulfone groups is 1. The van der Waals surface area contributed by atoms with Crippen molar-refractivity contribution in [1.29, 1.82) is 0 Å². The SMILES string of the molecule is CNC(=O)c1sc(N(C)CCN(C)C)c(S(C)(=O)=O)c1N. The molecule has 120 valence electrons. The highest BCUT2D eigenvalue weighted by Gasteiger charge is 2.28. The highest BCUT2D eigenvalue weighted by molar-refractivity contribution is 7.91. The normalized spacial score (nSPS) is 11.7. The Labute approximate surface area is 129 Å². The topological polar surface area (TPSA) is 95.7 Å². The number of thiophene rings is 1. The predicted molar refractivity (Wildman–Crippen MR) is 87.1 cm³/mol. The molecule has 0 atom stereocenters. The Bertz CT molecular complexity index is 623. The largest absolute Gasteiger partial charge is 0.396 e. The van der Waals surface area contributed by atoms with Gasteiger partial charge in [0.15, 0.2) is 9.84 Å². The van der Waals surface area contributed by atoms with E-state index >= 15 is 0 Å². The highest BCUT2D eigenvalue weighted by atomic mass is 32.2. The average Bonchev–Trinajstić information content (AvgIpc) is 2.72. The molecule has 21 heavy (non-hydrogen) atoms. The van der Waals surface area contributed by atoms with Gasteiger partial charge in [0.2, 0.25) is 0 Å². The first-order valence-electron chi connectivity index (χ1n) is 6.29. The molecule has 0 spiro atoms. The van der Waals surface area contributed by atoms with Gasteiger partial charge in [0, 0.05) is 33.4 Å². The number of likely N-dealkylation sites (N-methyl/N-ethyl adjacent to an activating group) is 2. The molecule has 0 fully saturated rings. The van der Waals surface area contributed by atoms with Crippen LogP contribution in [0.2, 0.25) is 0 Å². The maximum atomic E-state index is 12.0. The molecule has 1 aromatic heterocycles. The Kier molecular flexibility index (Phi) is 5.60. The summed E-state index contributed by atoms with van der Waals surface area (Å²) in [5.41, 5.74) is 5.92. The van der Waals surface area contributed by atoms with Gasteiger partial charge < -0.3 is 20.9 Å². The molecule has 0 saturated carbocycles. The van der Waals surface area contributed by atoms with Crippen LogP contribution in [-0.4, -0.2) is 66.8 Å². The van der Waals surface area contributed by atoms with E-state index in [4.69, 9.17) is 5.73 Å². The summed E-state index contributed by atoms with van der Waals surface area (Å²) in [6, 6.07) is 0. The maximum absolute atomic E-state index is 12.0. The second kappa shape index (κ2) is 6.63. The van der Waals surface area contributed by atoms with Crippen molar-refractivity contribution in [2.75, 3.05) is 58.2 Å². The van der Waals surface area contributed by atoms with Crippen LogP contribution in [0.4, 0.5) is 10.7 Å². The van der Waals surface area contributed by atoms with Crippen LogP contribution in [-0.2, 0) is 9.84 Å². The number of nitrogens with zero attached hydrogens (tertiary/aromatic N) is 2. The molecule has 0 aromatic carbocycles. The molecule has 0 saturated heterocycles. The molecular formula is C12H22N4O3S2. The molecule has 3 N–H and O–H groups in total. The minimum absolute atomic E-state index is 0.0218. The lowest BCUT2D eigenvalue weighted by Crippen LogP contribution is -2.28. The molecule has 0 radical (unpaired) electrons. The van der Waals surface area contributed by atoms with Crippen LogP contribution >= 0.6 is 11.3 Å². The van der Waals surface area contributed by atoms with Gasteiger partial charge in [-0.15, -0.1) is 11.3 Å². The zero-order valence-corrected chi connectivity index (χ0v) is 14.6. The number of nitrogens with one attached hydrogen (secondary N) is 1. The van der Waals surface area contributed by atoms with Gasteiger partial charge >= 0.3 is 0 Å². The van der Waals surface area contributed by atoms with Crippen molar-refractivity contribution >= 4 is 37.8 Å². The summed E-state index contributed by atoms with van der Waals surface area (Å²) in [5, 5.41) is 2.97. The second-order valence-electron chi connectivity index (χ2n) is 5.06. The summed E-state index contributed by atoms with van der Waals surface area (Å²) in [7, 11) is 3.62. The third-order valence-corrected chi connectivity index (χ3v) is 5.52. The van der Waals surface area contributed by atoms with Crippen molar-refractivity contribution in [2.24, 2.45) is 0 Å². The van der Waals surface area contributed by atoms with Gasteiger partial charge in [-0.05, 0) is 14.1 Å². The molecule has 1 amide bonds. The van der Waals surface area contributed by atoms with Gasteiger partial charge in [-0.3, -0.25) is 4.79 Å². The van der Waals surface area contributed by atoms with Crippen molar-refractivity contribution in [1.82, 2.24) is 10.2 Å². The van der Waals surface area contributed by atoms with Crippen LogP contribution in [0, 0.1) is 0 Å². The maximum Gasteiger partial charge on any atom is 0.263 e. The lowest BCUT2D eigenvalue weighted by molar-refractivity contribution is 0.0968. The Balaban J connectivity index is 3.33. The van der Waals surface area contributed by atoms with Gasteiger partial charge in [0.05, 0.1) is 5.69 Å². The summed E-state index contributed by atoms with van der Waals surface area (Å²) >= 11 is 1.10. The first-order valence-corrected chi connectivity index (χ1v) is 9.00. The van der Waals surface area contributed by atoms with E-state index in [0.29, 0.717) is 11.5 Å². The molecular weight excluding hydrogens is 312 g/mol. The Hall–Kier alpha value is -1.32. The predicted octanol–water partition coefficient (Wildman–Crippen LogP) is 0.0912. The van der Waals surface area contributed by atoms with E-state index in [-0.39, 0.29) is 21.4 Å². The smallest absolute Gasteiger partial charge is 0.263 e. The number of nitrogens with two attached hydrogens (primary N) is 1. The summed E-state index contributed by atoms with van der Waals surface area (Å²) in [4.78, 5) is 15.9. The Morgan fingerprint density at radius 3 is 2.29 bits per heavy atom. The van der Waals surface area contributed by atoms with E-state index in [1.165, 1.54) is 7.05 Å². The number of anilines is 2. The fraction of sp³-hybridized carbons (Fsp3) is 0.583. The summed E-state index contributed by atoms with van der Waals surface area (Å²) in [5.74, 6) is -0.380. The lowest BCUT2D eigenvalue weighted by Gasteiger charge is -2.21. The van der Waals surface area contributed by atoms with Crippen molar-refractivity contribution in [3.8, 4) is 0 Å². The minimum atomic E-state index is -3.52. The summed E-state index contributed by atoms with van der Waals surface area (Å²) < 4.78 is 24.0. The molecule has 1 heterocycles. The number of hydrogen-bond acceptors (Lipinski definition) is 7. The highest BCUT2D eigenvalue weighted by Crippen LogP contribution is 2.40. The molecule has 1 aromatic rings. The first kappa shape index (κ1) is 17.7. The number of amides is 1. The third-order valence-electron chi connectivity index (χ3n) is 2.92. The summed E-state index contributed by atoms with van der Waals surface area (Å²) in [6.45, 7) is 1.38. The average molecular weight is 334 g/mol. The number of carbonyl (C=O) groups is 1. The zero-order chi connectivity index (χ0) is 16.4. The fourth-order valence-electron chi connectivity index (χ4n) is 1.76. The fourth-order valence-corrected chi connectivity index (χ4v) is 4.43. The Morgan fingerprint density at radius 1 is 1.29 bits per heavy atom. The van der Waals surface area contributed by atoms with Crippen LogP contribution in [0.15, 0.2) is 4.90 Å². The lowest BCUT2D eigenvalue weighted by atomic mass is 10.3. The van der Waals surface area contributed by atoms with Gasteiger partial charge in [-0.2, -0.15) is 0 Å². The number of nitrogen functional groups attached to an aromatic ring is 1. The molecule has 7 nitrogen and oxygen atoms in total. The number of carbonyl (C=O) groups excluding carboxylic acids is 1. The molecule has 0 unspecified atom stereocenters. The van der Waals surface area contributed by atoms with Crippen molar-refractivity contribution in [2.45, 2.75) is 4.90 Å². The van der Waals surface area contributed by atoms with Gasteiger partial charge in [0.1, 0.15) is 14.8 Å². The van der Waals surface area contributed by atoms with E-state index in [2.05, 4.69) is 5.32 Å². The standard InChI is InChI=1S/C12H22N4O3S2/c1-14-11(17)9-8(13)10(21(5,18)19)12(20-9)16(4)7-6-15(2)3/h6-7,13H2,1-5H3,(H,14,17). The number of rotatable bonds is 6. The van der Waals surface area contributed by atoms with Crippen LogP contribution in [0.1, 0.15) is 9.67 Å². The van der Waals surface area contributed by atoms with E-state index < -0.39 is 9.84 Å². The second-order valence-corrected chi connectivity index (χ2v) is 8.01. The van der Waals surface area contributed by atoms with Crippen LogP contribution < -0.4 is 16.0 Å². The van der Waals surface area contributed by atoms with Gasteiger partial charge in [-0.25, -0.2) is 8.42 Å². The third kappa shape index (κ3) is 4.08. The van der Waals surface area contributed by atoms with E-state index in [0.717, 1.165) is 24.1 Å². The molecule has 0 aliphatic carbocycles. The van der Waals surface area contributed by atoms with Gasteiger partial charge in [-0.1, -0.05) is 0 Å².